The summed E-state index contributed by atoms with van der Waals surface area (Å²) in [5, 5.41) is 0. The molecule has 0 saturated heterocycles. The van der Waals surface area contributed by atoms with E-state index in [0.717, 1.165) is 31.2 Å². The Kier molecular flexibility index (Phi) is 2.63. The van der Waals surface area contributed by atoms with Gasteiger partial charge in [0, 0.05) is 12.6 Å². The van der Waals surface area contributed by atoms with E-state index in [-0.39, 0.29) is 11.7 Å². The molecule has 0 aromatic heterocycles. The normalized spacial score (nSPS) is 20.6. The Balaban J connectivity index is 1.76. The first-order valence-corrected chi connectivity index (χ1v) is 6.43. The second kappa shape index (κ2) is 4.05. The number of hydrogen-bond acceptors (Lipinski definition) is 2. The molecule has 1 aromatic rings. The fourth-order valence-corrected chi connectivity index (χ4v) is 2.22. The van der Waals surface area contributed by atoms with Crippen LogP contribution >= 0.6 is 0 Å². The third-order valence-corrected chi connectivity index (χ3v) is 3.71. The molecular weight excluding hydrogens is 231 g/mol. The number of rotatable bonds is 4. The molecule has 3 nitrogen and oxygen atoms in total. The summed E-state index contributed by atoms with van der Waals surface area (Å²) in [6.45, 7) is 0.472. The van der Waals surface area contributed by atoms with Crippen molar-refractivity contribution >= 4 is 5.91 Å². The highest BCUT2D eigenvalue weighted by molar-refractivity contribution is 5.89. The molecule has 1 amide bonds. The predicted octanol–water partition coefficient (Wildman–Crippen LogP) is 1.81. The van der Waals surface area contributed by atoms with Crippen molar-refractivity contribution in [1.82, 2.24) is 4.90 Å². The molecule has 0 unspecified atom stereocenters. The van der Waals surface area contributed by atoms with Crippen LogP contribution in [0.3, 0.4) is 0 Å². The standard InChI is InChI=1S/C14H17FN2O/c15-11-3-1-2-10(8-11)9-17(12-4-5-12)13(18)14(16)6-7-14/h1-3,8,12H,4-7,9,16H2. The quantitative estimate of drug-likeness (QED) is 0.883. The van der Waals surface area contributed by atoms with Gasteiger partial charge in [0.2, 0.25) is 5.91 Å². The van der Waals surface area contributed by atoms with E-state index >= 15 is 0 Å². The minimum absolute atomic E-state index is 0.0364. The largest absolute Gasteiger partial charge is 0.334 e. The predicted molar refractivity (Wildman–Crippen MR) is 66.1 cm³/mol. The lowest BCUT2D eigenvalue weighted by molar-refractivity contribution is -0.134. The highest BCUT2D eigenvalue weighted by atomic mass is 19.1. The van der Waals surface area contributed by atoms with E-state index < -0.39 is 5.54 Å². The Morgan fingerprint density at radius 1 is 1.44 bits per heavy atom. The van der Waals surface area contributed by atoms with Crippen molar-refractivity contribution in [2.45, 2.75) is 43.8 Å². The van der Waals surface area contributed by atoms with Crippen LogP contribution in [0.4, 0.5) is 4.39 Å². The molecule has 2 aliphatic carbocycles. The number of hydrogen-bond donors (Lipinski definition) is 1. The third-order valence-electron chi connectivity index (χ3n) is 3.71. The van der Waals surface area contributed by atoms with E-state index in [4.69, 9.17) is 5.73 Å². The average Bonchev–Trinajstić information content (AvgIpc) is 3.21. The Morgan fingerprint density at radius 2 is 2.17 bits per heavy atom. The van der Waals surface area contributed by atoms with Crippen LogP contribution in [0.2, 0.25) is 0 Å². The average molecular weight is 248 g/mol. The van der Waals surface area contributed by atoms with E-state index in [1.165, 1.54) is 12.1 Å². The summed E-state index contributed by atoms with van der Waals surface area (Å²) in [5.41, 5.74) is 6.18. The molecule has 2 fully saturated rings. The van der Waals surface area contributed by atoms with Crippen molar-refractivity contribution in [3.63, 3.8) is 0 Å². The SMILES string of the molecule is NC1(C(=O)N(Cc2cccc(F)c2)C2CC2)CC1. The molecular formula is C14H17FN2O. The monoisotopic (exact) mass is 248 g/mol. The van der Waals surface area contributed by atoms with E-state index in [0.29, 0.717) is 12.6 Å². The van der Waals surface area contributed by atoms with Gasteiger partial charge in [-0.1, -0.05) is 12.1 Å². The topological polar surface area (TPSA) is 46.3 Å². The first-order valence-electron chi connectivity index (χ1n) is 6.43. The summed E-state index contributed by atoms with van der Waals surface area (Å²) >= 11 is 0. The Labute approximate surface area is 106 Å². The highest BCUT2D eigenvalue weighted by Gasteiger charge is 2.50. The first kappa shape index (κ1) is 11.7. The number of nitrogens with two attached hydrogens (primary N) is 1. The van der Waals surface area contributed by atoms with Crippen LogP contribution in [-0.4, -0.2) is 22.4 Å². The molecule has 96 valence electrons. The third kappa shape index (κ3) is 2.25. The van der Waals surface area contributed by atoms with E-state index in [1.54, 1.807) is 6.07 Å². The summed E-state index contributed by atoms with van der Waals surface area (Å²) in [7, 11) is 0. The molecule has 0 radical (unpaired) electrons. The van der Waals surface area contributed by atoms with Crippen molar-refractivity contribution in [2.24, 2.45) is 5.73 Å². The van der Waals surface area contributed by atoms with Gasteiger partial charge < -0.3 is 10.6 Å². The zero-order chi connectivity index (χ0) is 12.8. The molecule has 0 aliphatic heterocycles. The summed E-state index contributed by atoms with van der Waals surface area (Å²) in [5.74, 6) is -0.223. The number of carbonyl (C=O) groups excluding carboxylic acids is 1. The second-order valence-electron chi connectivity index (χ2n) is 5.45. The van der Waals surface area contributed by atoms with Gasteiger partial charge >= 0.3 is 0 Å². The van der Waals surface area contributed by atoms with Crippen LogP contribution in [0.25, 0.3) is 0 Å². The Bertz CT molecular complexity index is 480. The van der Waals surface area contributed by atoms with Gasteiger partial charge in [0.05, 0.1) is 5.54 Å². The van der Waals surface area contributed by atoms with Gasteiger partial charge in [-0.05, 0) is 43.4 Å². The lowest BCUT2D eigenvalue weighted by Gasteiger charge is -2.25. The van der Waals surface area contributed by atoms with Crippen molar-refractivity contribution < 1.29 is 9.18 Å². The summed E-state index contributed by atoms with van der Waals surface area (Å²) in [6.07, 6.45) is 3.63. The van der Waals surface area contributed by atoms with Crippen molar-refractivity contribution in [1.29, 1.82) is 0 Å². The maximum atomic E-state index is 13.2. The molecule has 4 heteroatoms. The maximum Gasteiger partial charge on any atom is 0.243 e. The number of halogens is 1. The zero-order valence-electron chi connectivity index (χ0n) is 10.2. The van der Waals surface area contributed by atoms with Crippen molar-refractivity contribution in [3.05, 3.63) is 35.6 Å². The Morgan fingerprint density at radius 3 is 2.72 bits per heavy atom. The molecule has 0 heterocycles. The first-order chi connectivity index (χ1) is 8.58. The van der Waals surface area contributed by atoms with Crippen LogP contribution in [-0.2, 0) is 11.3 Å². The summed E-state index contributed by atoms with van der Waals surface area (Å²) in [4.78, 5) is 14.1. The molecule has 3 rings (SSSR count). The van der Waals surface area contributed by atoms with E-state index in [1.807, 2.05) is 11.0 Å². The van der Waals surface area contributed by atoms with Gasteiger partial charge in [-0.3, -0.25) is 4.79 Å². The van der Waals surface area contributed by atoms with Gasteiger partial charge in [0.1, 0.15) is 5.82 Å². The molecule has 0 bridgehead atoms. The van der Waals surface area contributed by atoms with Gasteiger partial charge in [-0.2, -0.15) is 0 Å². The molecule has 2 saturated carbocycles. The molecule has 18 heavy (non-hydrogen) atoms. The van der Waals surface area contributed by atoms with Gasteiger partial charge in [-0.15, -0.1) is 0 Å². The fraction of sp³-hybridized carbons (Fsp3) is 0.500. The molecule has 2 aliphatic rings. The van der Waals surface area contributed by atoms with Gasteiger partial charge in [0.25, 0.3) is 0 Å². The minimum Gasteiger partial charge on any atom is -0.334 e. The molecule has 1 aromatic carbocycles. The fourth-order valence-electron chi connectivity index (χ4n) is 2.22. The molecule has 0 atom stereocenters. The van der Waals surface area contributed by atoms with Crippen LogP contribution in [0.1, 0.15) is 31.2 Å². The molecule has 2 N–H and O–H groups in total. The molecule has 0 spiro atoms. The summed E-state index contributed by atoms with van der Waals surface area (Å²) < 4.78 is 13.2. The van der Waals surface area contributed by atoms with Crippen LogP contribution in [0.5, 0.6) is 0 Å². The van der Waals surface area contributed by atoms with Crippen molar-refractivity contribution in [2.75, 3.05) is 0 Å². The van der Waals surface area contributed by atoms with Gasteiger partial charge in [0.15, 0.2) is 0 Å². The van der Waals surface area contributed by atoms with Crippen molar-refractivity contribution in [3.8, 4) is 0 Å². The van der Waals surface area contributed by atoms with Crippen LogP contribution < -0.4 is 5.73 Å². The maximum absolute atomic E-state index is 13.2. The Hall–Kier alpha value is -1.42. The number of benzene rings is 1. The van der Waals surface area contributed by atoms with Crippen LogP contribution in [0.15, 0.2) is 24.3 Å². The van der Waals surface area contributed by atoms with E-state index in [9.17, 15) is 9.18 Å². The lowest BCUT2D eigenvalue weighted by atomic mass is 10.1. The van der Waals surface area contributed by atoms with Gasteiger partial charge in [-0.25, -0.2) is 4.39 Å². The minimum atomic E-state index is -0.629. The number of amides is 1. The smallest absolute Gasteiger partial charge is 0.243 e. The second-order valence-corrected chi connectivity index (χ2v) is 5.45. The highest BCUT2D eigenvalue weighted by Crippen LogP contribution is 2.38. The van der Waals surface area contributed by atoms with E-state index in [2.05, 4.69) is 0 Å². The zero-order valence-corrected chi connectivity index (χ0v) is 10.2. The lowest BCUT2D eigenvalue weighted by Crippen LogP contribution is -2.46. The van der Waals surface area contributed by atoms with Crippen LogP contribution in [0, 0.1) is 5.82 Å². The number of nitrogens with zero attached hydrogens (tertiary/aromatic N) is 1. The number of carbonyl (C=O) groups is 1. The summed E-state index contributed by atoms with van der Waals surface area (Å²) in [6, 6.07) is 6.73.